The first kappa shape index (κ1) is 27.2. The number of rotatable bonds is 6. The molecule has 8 nitrogen and oxygen atoms in total. The molecule has 2 aliphatic heterocycles. The normalized spacial score (nSPS) is 16.2. The van der Waals surface area contributed by atoms with Crippen molar-refractivity contribution in [2.24, 2.45) is 0 Å². The molecule has 3 aromatic rings. The maximum absolute atomic E-state index is 13.7. The molecule has 0 aromatic heterocycles. The fraction of sp³-hybridized carbons (Fsp3) is 0.333. The Morgan fingerprint density at radius 2 is 1.66 bits per heavy atom. The van der Waals surface area contributed by atoms with E-state index >= 15 is 0 Å². The second-order valence-corrected chi connectivity index (χ2v) is 9.58. The lowest BCUT2D eigenvalue weighted by molar-refractivity contribution is 0.0658. The van der Waals surface area contributed by atoms with Crippen LogP contribution in [0.2, 0.25) is 0 Å². The van der Waals surface area contributed by atoms with Crippen LogP contribution in [0.25, 0.3) is 11.1 Å². The third kappa shape index (κ3) is 6.15. The van der Waals surface area contributed by atoms with Crippen molar-refractivity contribution in [3.05, 3.63) is 89.5 Å². The van der Waals surface area contributed by atoms with Crippen molar-refractivity contribution in [1.82, 2.24) is 10.2 Å². The van der Waals surface area contributed by atoms with Crippen molar-refractivity contribution in [1.29, 1.82) is 0 Å². The average Bonchev–Trinajstić information content (AvgIpc) is 2.94. The molecule has 1 atom stereocenters. The van der Waals surface area contributed by atoms with Gasteiger partial charge < -0.3 is 30.4 Å². The summed E-state index contributed by atoms with van der Waals surface area (Å²) in [6, 6.07) is 25.2. The first-order valence-corrected chi connectivity index (χ1v) is 13.0. The number of carbonyl (C=O) groups is 2. The number of nitrogens with zero attached hydrogens (tertiary/aromatic N) is 2. The molecule has 1 saturated heterocycles. The molecule has 2 heterocycles. The smallest absolute Gasteiger partial charge is 0.450 e. The van der Waals surface area contributed by atoms with E-state index in [1.54, 1.807) is 0 Å². The molecule has 5 rings (SSSR count). The van der Waals surface area contributed by atoms with Crippen LogP contribution < -0.4 is 10.2 Å². The summed E-state index contributed by atoms with van der Waals surface area (Å²) in [6.07, 6.45) is 0.989. The number of piperidine rings is 1. The van der Waals surface area contributed by atoms with Crippen molar-refractivity contribution >= 4 is 17.7 Å². The number of carboxylic acid groups (broad SMARTS) is 2. The van der Waals surface area contributed by atoms with Crippen LogP contribution in [0.1, 0.15) is 41.3 Å². The minimum Gasteiger partial charge on any atom is -0.450 e. The number of anilines is 1. The third-order valence-electron chi connectivity index (χ3n) is 7.29. The van der Waals surface area contributed by atoms with Gasteiger partial charge in [0.25, 0.3) is 5.91 Å². The van der Waals surface area contributed by atoms with Crippen LogP contribution in [0.3, 0.4) is 0 Å². The van der Waals surface area contributed by atoms with Gasteiger partial charge in [-0.3, -0.25) is 4.79 Å². The number of benzene rings is 3. The monoisotopic (exact) mass is 517 g/mol. The van der Waals surface area contributed by atoms with Crippen molar-refractivity contribution in [2.75, 3.05) is 24.5 Å². The van der Waals surface area contributed by atoms with Gasteiger partial charge in [-0.15, -0.1) is 0 Å². The molecule has 8 heteroatoms. The fourth-order valence-electron chi connectivity index (χ4n) is 5.51. The Balaban J connectivity index is 0.000000786. The lowest BCUT2D eigenvalue weighted by atomic mass is 9.95. The highest BCUT2D eigenvalue weighted by molar-refractivity contribution is 5.97. The minimum absolute atomic E-state index is 0.00134. The molecule has 0 aliphatic carbocycles. The molecule has 38 heavy (non-hydrogen) atoms. The van der Waals surface area contributed by atoms with E-state index in [9.17, 15) is 9.90 Å². The Labute approximate surface area is 223 Å². The number of hydrogen-bond acceptors (Lipinski definition) is 5. The van der Waals surface area contributed by atoms with Gasteiger partial charge in [-0.25, -0.2) is 4.79 Å². The van der Waals surface area contributed by atoms with Crippen LogP contribution in [0, 0.1) is 0 Å². The van der Waals surface area contributed by atoms with E-state index < -0.39 is 6.16 Å². The third-order valence-corrected chi connectivity index (χ3v) is 7.29. The van der Waals surface area contributed by atoms with Gasteiger partial charge in [0.1, 0.15) is 6.17 Å². The van der Waals surface area contributed by atoms with Crippen molar-refractivity contribution < 1.29 is 24.9 Å². The van der Waals surface area contributed by atoms with Crippen LogP contribution in [0.15, 0.2) is 72.8 Å². The van der Waals surface area contributed by atoms with Crippen molar-refractivity contribution in [2.45, 2.75) is 45.0 Å². The first-order valence-electron chi connectivity index (χ1n) is 13.0. The maximum atomic E-state index is 13.7. The van der Waals surface area contributed by atoms with Crippen LogP contribution in [-0.4, -0.2) is 64.1 Å². The minimum atomic E-state index is -1.83. The van der Waals surface area contributed by atoms with Gasteiger partial charge in [-0.05, 0) is 68.1 Å². The Hall–Kier alpha value is -3.88. The van der Waals surface area contributed by atoms with E-state index in [-0.39, 0.29) is 18.7 Å². The number of aliphatic hydroxyl groups excluding tert-OH is 1. The van der Waals surface area contributed by atoms with Gasteiger partial charge in [0, 0.05) is 29.4 Å². The molecule has 1 amide bonds. The first-order chi connectivity index (χ1) is 18.4. The SMILES string of the molecule is CC(N1CCc2cc(CO)ccc2C1=O)N(c1ccccc1-c1ccccc1)C1CCNCC1.O=C(O)O. The Kier molecular flexibility index (Phi) is 8.99. The van der Waals surface area contributed by atoms with Crippen LogP contribution in [0.5, 0.6) is 0 Å². The molecule has 3 aromatic carbocycles. The molecule has 0 spiro atoms. The summed E-state index contributed by atoms with van der Waals surface area (Å²) in [5.74, 6) is 0.0781. The van der Waals surface area contributed by atoms with Gasteiger partial charge in [0.2, 0.25) is 0 Å². The van der Waals surface area contributed by atoms with Gasteiger partial charge in [-0.1, -0.05) is 60.7 Å². The predicted molar refractivity (Wildman–Crippen MR) is 147 cm³/mol. The second-order valence-electron chi connectivity index (χ2n) is 9.58. The molecule has 0 saturated carbocycles. The summed E-state index contributed by atoms with van der Waals surface area (Å²) in [5.41, 5.74) is 6.24. The Bertz CT molecular complexity index is 1240. The maximum Gasteiger partial charge on any atom is 0.503 e. The average molecular weight is 518 g/mol. The molecule has 200 valence electrons. The summed E-state index contributed by atoms with van der Waals surface area (Å²) in [7, 11) is 0. The molecule has 1 unspecified atom stereocenters. The molecule has 4 N–H and O–H groups in total. The highest BCUT2D eigenvalue weighted by Crippen LogP contribution is 2.36. The summed E-state index contributed by atoms with van der Waals surface area (Å²) < 4.78 is 0. The molecular weight excluding hydrogens is 482 g/mol. The fourth-order valence-corrected chi connectivity index (χ4v) is 5.51. The van der Waals surface area contributed by atoms with E-state index in [1.165, 1.54) is 16.8 Å². The van der Waals surface area contributed by atoms with Gasteiger partial charge >= 0.3 is 6.16 Å². The highest BCUT2D eigenvalue weighted by atomic mass is 16.6. The number of aliphatic hydroxyl groups is 1. The number of para-hydroxylation sites is 1. The molecule has 0 bridgehead atoms. The topological polar surface area (TPSA) is 113 Å². The van der Waals surface area contributed by atoms with Gasteiger partial charge in [-0.2, -0.15) is 0 Å². The van der Waals surface area contributed by atoms with E-state index in [0.717, 1.165) is 49.0 Å². The van der Waals surface area contributed by atoms with E-state index in [1.807, 2.05) is 29.2 Å². The summed E-state index contributed by atoms with van der Waals surface area (Å²) in [4.78, 5) is 26.7. The number of hydrogen-bond donors (Lipinski definition) is 4. The zero-order chi connectivity index (χ0) is 27.1. The molecular formula is C30H35N3O5. The van der Waals surface area contributed by atoms with Crippen molar-refractivity contribution in [3.63, 3.8) is 0 Å². The summed E-state index contributed by atoms with van der Waals surface area (Å²) in [6.45, 7) is 4.83. The Morgan fingerprint density at radius 3 is 2.34 bits per heavy atom. The van der Waals surface area contributed by atoms with E-state index in [4.69, 9.17) is 15.0 Å². The summed E-state index contributed by atoms with van der Waals surface area (Å²) in [5, 5.41) is 26.9. The lowest BCUT2D eigenvalue weighted by Crippen LogP contribution is -2.57. The number of amides is 1. The highest BCUT2D eigenvalue weighted by Gasteiger charge is 2.35. The van der Waals surface area contributed by atoms with Gasteiger partial charge in [0.05, 0.1) is 6.61 Å². The number of carbonyl (C=O) groups excluding carboxylic acids is 1. The number of fused-ring (bicyclic) bond motifs is 1. The van der Waals surface area contributed by atoms with Crippen LogP contribution >= 0.6 is 0 Å². The van der Waals surface area contributed by atoms with Gasteiger partial charge in [0.15, 0.2) is 0 Å². The van der Waals surface area contributed by atoms with Crippen LogP contribution in [-0.2, 0) is 13.0 Å². The Morgan fingerprint density at radius 1 is 1.00 bits per heavy atom. The van der Waals surface area contributed by atoms with Crippen molar-refractivity contribution in [3.8, 4) is 11.1 Å². The zero-order valence-electron chi connectivity index (χ0n) is 21.6. The summed E-state index contributed by atoms with van der Waals surface area (Å²) >= 11 is 0. The van der Waals surface area contributed by atoms with E-state index in [0.29, 0.717) is 12.6 Å². The lowest BCUT2D eigenvalue weighted by Gasteiger charge is -2.46. The molecule has 2 aliphatic rings. The largest absolute Gasteiger partial charge is 0.503 e. The molecule has 0 radical (unpaired) electrons. The molecule has 1 fully saturated rings. The zero-order valence-corrected chi connectivity index (χ0v) is 21.6. The quantitative estimate of drug-likeness (QED) is 0.376. The standard InChI is InChI=1S/C29H33N3O2.CH2O3/c1-21(31-18-15-24-19-22(20-33)11-12-27(24)29(31)34)32(25-13-16-30-17-14-25)28-10-6-5-9-26(28)23-7-3-2-4-8-23;2-1(3)4/h2-12,19,21,25,30,33H,13-18,20H2,1H3;(H2,2,3,4). The number of nitrogens with one attached hydrogen (secondary N) is 1. The second kappa shape index (κ2) is 12.6. The predicted octanol–water partition coefficient (Wildman–Crippen LogP) is 4.67. The van der Waals surface area contributed by atoms with Crippen LogP contribution in [0.4, 0.5) is 10.5 Å². The van der Waals surface area contributed by atoms with E-state index in [2.05, 4.69) is 65.7 Å².